The van der Waals surface area contributed by atoms with Crippen LogP contribution in [0.1, 0.15) is 43.7 Å². The number of unbranched alkanes of at least 4 members (excludes halogenated alkanes) is 2. The molecule has 2 rings (SSSR count). The Hall–Kier alpha value is -2.23. The van der Waals surface area contributed by atoms with Crippen molar-refractivity contribution < 1.29 is 28.7 Å². The van der Waals surface area contributed by atoms with E-state index in [1.807, 2.05) is 6.92 Å². The molecule has 27 heavy (non-hydrogen) atoms. The third-order valence-electron chi connectivity index (χ3n) is 4.30. The molecule has 0 aromatic heterocycles. The summed E-state index contributed by atoms with van der Waals surface area (Å²) in [6.45, 7) is 2.48. The Morgan fingerprint density at radius 2 is 2.26 bits per heavy atom. The van der Waals surface area contributed by atoms with Gasteiger partial charge in [0.1, 0.15) is 11.6 Å². The van der Waals surface area contributed by atoms with E-state index in [0.29, 0.717) is 28.4 Å². The van der Waals surface area contributed by atoms with Crippen LogP contribution in [-0.4, -0.2) is 35.9 Å². The standard InChI is InChI=1S/C18H26FN3O5/c1-2-3-4-5-13(9-22(25)11-23)18(24)21-20-8-14-6-16(19)7-15-10-26-12-27-17(14)15/h6-7,11,13,20,25H,2-5,8-10,12H2,1H3,(H,21,24)/t13-/m1/s1. The summed E-state index contributed by atoms with van der Waals surface area (Å²) in [7, 11) is 0. The van der Waals surface area contributed by atoms with Gasteiger partial charge in [0.2, 0.25) is 12.3 Å². The van der Waals surface area contributed by atoms with Crippen LogP contribution in [0.25, 0.3) is 0 Å². The van der Waals surface area contributed by atoms with Gasteiger partial charge < -0.3 is 9.47 Å². The van der Waals surface area contributed by atoms with E-state index >= 15 is 0 Å². The van der Waals surface area contributed by atoms with Crippen LogP contribution in [0, 0.1) is 11.7 Å². The van der Waals surface area contributed by atoms with E-state index in [0.717, 1.165) is 19.3 Å². The van der Waals surface area contributed by atoms with Gasteiger partial charge in [0.05, 0.1) is 19.1 Å². The van der Waals surface area contributed by atoms with E-state index < -0.39 is 11.7 Å². The summed E-state index contributed by atoms with van der Waals surface area (Å²) in [5.74, 6) is -0.761. The Morgan fingerprint density at radius 3 is 3.00 bits per heavy atom. The zero-order valence-corrected chi connectivity index (χ0v) is 15.4. The van der Waals surface area contributed by atoms with Crippen molar-refractivity contribution in [1.82, 2.24) is 15.9 Å². The number of hydrogen-bond acceptors (Lipinski definition) is 6. The number of carbonyl (C=O) groups is 2. The van der Waals surface area contributed by atoms with Crippen LogP contribution in [0.5, 0.6) is 5.75 Å². The maximum absolute atomic E-state index is 13.7. The first-order chi connectivity index (χ1) is 13.0. The van der Waals surface area contributed by atoms with E-state index in [1.165, 1.54) is 12.1 Å². The quantitative estimate of drug-likeness (QED) is 0.233. The van der Waals surface area contributed by atoms with Crippen molar-refractivity contribution in [1.29, 1.82) is 0 Å². The summed E-state index contributed by atoms with van der Waals surface area (Å²) in [6.07, 6.45) is 3.58. The predicted molar refractivity (Wildman–Crippen MR) is 93.9 cm³/mol. The van der Waals surface area contributed by atoms with Gasteiger partial charge in [-0.2, -0.15) is 0 Å². The van der Waals surface area contributed by atoms with Gasteiger partial charge in [-0.25, -0.2) is 14.9 Å². The molecule has 9 heteroatoms. The van der Waals surface area contributed by atoms with Gasteiger partial charge >= 0.3 is 0 Å². The van der Waals surface area contributed by atoms with Gasteiger partial charge in [0, 0.05) is 17.7 Å². The number of benzene rings is 1. The summed E-state index contributed by atoms with van der Waals surface area (Å²) >= 11 is 0. The van der Waals surface area contributed by atoms with E-state index in [1.54, 1.807) is 0 Å². The molecule has 8 nitrogen and oxygen atoms in total. The predicted octanol–water partition coefficient (Wildman–Crippen LogP) is 1.86. The zero-order chi connectivity index (χ0) is 19.6. The number of halogens is 1. The Kier molecular flexibility index (Phi) is 8.43. The summed E-state index contributed by atoms with van der Waals surface area (Å²) < 4.78 is 24.3. The molecule has 0 aliphatic carbocycles. The van der Waals surface area contributed by atoms with Crippen LogP contribution in [0.2, 0.25) is 0 Å². The summed E-state index contributed by atoms with van der Waals surface area (Å²) in [5.41, 5.74) is 6.50. The Balaban J connectivity index is 1.92. The van der Waals surface area contributed by atoms with E-state index in [2.05, 4.69) is 10.9 Å². The fourth-order valence-corrected chi connectivity index (χ4v) is 2.93. The molecule has 1 aromatic carbocycles. The minimum absolute atomic E-state index is 0.0868. The molecular weight excluding hydrogens is 357 g/mol. The number of fused-ring (bicyclic) bond motifs is 1. The lowest BCUT2D eigenvalue weighted by Crippen LogP contribution is -2.44. The molecule has 1 aromatic rings. The SMILES string of the molecule is CCCCC[C@H](CN(O)C=O)C(=O)NNCc1cc(F)cc2c1OCOC2. The van der Waals surface area contributed by atoms with Crippen LogP contribution in [-0.2, 0) is 27.5 Å². The monoisotopic (exact) mass is 383 g/mol. The normalized spacial score (nSPS) is 14.0. The Morgan fingerprint density at radius 1 is 1.44 bits per heavy atom. The van der Waals surface area contributed by atoms with Crippen molar-refractivity contribution >= 4 is 12.3 Å². The molecule has 0 spiro atoms. The van der Waals surface area contributed by atoms with Gasteiger partial charge in [0.25, 0.3) is 0 Å². The van der Waals surface area contributed by atoms with E-state index in [4.69, 9.17) is 9.47 Å². The maximum Gasteiger partial charge on any atom is 0.239 e. The molecule has 3 N–H and O–H groups in total. The number of nitrogens with one attached hydrogen (secondary N) is 2. The molecule has 0 bridgehead atoms. The van der Waals surface area contributed by atoms with E-state index in [9.17, 15) is 19.2 Å². The molecule has 0 fully saturated rings. The number of ether oxygens (including phenoxy) is 2. The van der Waals surface area contributed by atoms with Gasteiger partial charge in [0.15, 0.2) is 6.79 Å². The molecule has 0 saturated carbocycles. The van der Waals surface area contributed by atoms with E-state index in [-0.39, 0.29) is 38.8 Å². The second kappa shape index (κ2) is 10.8. The second-order valence-electron chi connectivity index (χ2n) is 6.43. The molecule has 2 amide bonds. The maximum atomic E-state index is 13.7. The fraction of sp³-hybridized carbons (Fsp3) is 0.556. The van der Waals surface area contributed by atoms with Crippen molar-refractivity contribution in [2.75, 3.05) is 13.3 Å². The van der Waals surface area contributed by atoms with Gasteiger partial charge in [-0.15, -0.1) is 0 Å². The molecule has 0 unspecified atom stereocenters. The van der Waals surface area contributed by atoms with Crippen molar-refractivity contribution in [3.8, 4) is 5.75 Å². The molecule has 1 aliphatic heterocycles. The van der Waals surface area contributed by atoms with Gasteiger partial charge in [-0.05, 0) is 18.6 Å². The first-order valence-electron chi connectivity index (χ1n) is 9.00. The van der Waals surface area contributed by atoms with Crippen LogP contribution < -0.4 is 15.6 Å². The number of hydrogen-bond donors (Lipinski definition) is 3. The molecular formula is C18H26FN3O5. The molecule has 150 valence electrons. The number of carbonyl (C=O) groups excluding carboxylic acids is 2. The average molecular weight is 383 g/mol. The third-order valence-corrected chi connectivity index (χ3v) is 4.30. The van der Waals surface area contributed by atoms with Gasteiger partial charge in [-0.3, -0.25) is 20.2 Å². The average Bonchev–Trinajstić information content (AvgIpc) is 2.66. The zero-order valence-electron chi connectivity index (χ0n) is 15.4. The minimum Gasteiger partial charge on any atom is -0.467 e. The molecule has 0 radical (unpaired) electrons. The molecule has 1 aliphatic rings. The smallest absolute Gasteiger partial charge is 0.239 e. The lowest BCUT2D eigenvalue weighted by atomic mass is 10.0. The van der Waals surface area contributed by atoms with Crippen molar-refractivity contribution in [2.45, 2.75) is 45.8 Å². The number of amides is 2. The topological polar surface area (TPSA) is 100 Å². The van der Waals surface area contributed by atoms with Crippen LogP contribution in [0.15, 0.2) is 12.1 Å². The minimum atomic E-state index is -0.551. The highest BCUT2D eigenvalue weighted by Gasteiger charge is 2.21. The first-order valence-corrected chi connectivity index (χ1v) is 9.00. The highest BCUT2D eigenvalue weighted by molar-refractivity contribution is 5.78. The van der Waals surface area contributed by atoms with Crippen molar-refractivity contribution in [2.24, 2.45) is 5.92 Å². The Labute approximate surface area is 157 Å². The third kappa shape index (κ3) is 6.46. The van der Waals surface area contributed by atoms with Crippen molar-refractivity contribution in [3.63, 3.8) is 0 Å². The molecule has 0 saturated heterocycles. The first kappa shape index (κ1) is 21.1. The number of hydroxylamine groups is 2. The summed E-state index contributed by atoms with van der Waals surface area (Å²) in [4.78, 5) is 23.0. The van der Waals surface area contributed by atoms with Crippen LogP contribution in [0.4, 0.5) is 4.39 Å². The largest absolute Gasteiger partial charge is 0.467 e. The second-order valence-corrected chi connectivity index (χ2v) is 6.43. The number of hydrazine groups is 1. The lowest BCUT2D eigenvalue weighted by molar-refractivity contribution is -0.154. The van der Waals surface area contributed by atoms with Crippen LogP contribution in [0.3, 0.4) is 0 Å². The molecule has 1 heterocycles. The Bertz CT molecular complexity index is 644. The molecule has 1 atom stereocenters. The van der Waals surface area contributed by atoms with Crippen LogP contribution >= 0.6 is 0 Å². The highest BCUT2D eigenvalue weighted by atomic mass is 19.1. The van der Waals surface area contributed by atoms with Gasteiger partial charge in [-0.1, -0.05) is 26.2 Å². The summed E-state index contributed by atoms with van der Waals surface area (Å²) in [5, 5.41) is 9.86. The van der Waals surface area contributed by atoms with Crippen molar-refractivity contribution in [3.05, 3.63) is 29.1 Å². The number of nitrogens with zero attached hydrogens (tertiary/aromatic N) is 1. The highest BCUT2D eigenvalue weighted by Crippen LogP contribution is 2.29. The fourth-order valence-electron chi connectivity index (χ4n) is 2.93. The number of rotatable bonds is 11. The lowest BCUT2D eigenvalue weighted by Gasteiger charge is -2.22. The summed E-state index contributed by atoms with van der Waals surface area (Å²) in [6, 6.07) is 2.69.